The third-order valence-corrected chi connectivity index (χ3v) is 12.4. The van der Waals surface area contributed by atoms with Crippen LogP contribution in [0.5, 0.6) is 0 Å². The van der Waals surface area contributed by atoms with E-state index in [2.05, 4.69) is 59.9 Å². The lowest BCUT2D eigenvalue weighted by Crippen LogP contribution is -2.62. The summed E-state index contributed by atoms with van der Waals surface area (Å²) in [5.74, 6) is 0.847. The second-order valence-electron chi connectivity index (χ2n) is 10.6. The van der Waals surface area contributed by atoms with Crippen LogP contribution in [0.3, 0.4) is 0 Å². The molecule has 0 spiro atoms. The molecule has 0 amide bonds. The SMILES string of the molecule is C[C@H]1[C@@H](O[Si](C)(C)C(C)(C)C)[C@@H](C)[C@]2([C@@H](O)C3CCCCC3)C=C[C@H]1O2. The number of fused-ring (bicyclic) bond motifs is 2. The van der Waals surface area contributed by atoms with Crippen LogP contribution in [0.1, 0.15) is 66.7 Å². The molecule has 0 radical (unpaired) electrons. The van der Waals surface area contributed by atoms with Gasteiger partial charge in [0.2, 0.25) is 0 Å². The van der Waals surface area contributed by atoms with Crippen LogP contribution in [0, 0.1) is 17.8 Å². The predicted molar refractivity (Wildman–Crippen MR) is 110 cm³/mol. The van der Waals surface area contributed by atoms with Gasteiger partial charge in [-0.3, -0.25) is 0 Å². The highest BCUT2D eigenvalue weighted by molar-refractivity contribution is 6.74. The first-order valence-electron chi connectivity index (χ1n) is 10.7. The largest absolute Gasteiger partial charge is 0.413 e. The van der Waals surface area contributed by atoms with E-state index in [0.717, 1.165) is 12.8 Å². The summed E-state index contributed by atoms with van der Waals surface area (Å²) >= 11 is 0. The van der Waals surface area contributed by atoms with Crippen LogP contribution in [-0.4, -0.2) is 37.3 Å². The van der Waals surface area contributed by atoms with Gasteiger partial charge in [-0.25, -0.2) is 0 Å². The van der Waals surface area contributed by atoms with Crippen molar-refractivity contribution in [1.29, 1.82) is 0 Å². The maximum atomic E-state index is 11.4. The summed E-state index contributed by atoms with van der Waals surface area (Å²) in [5.41, 5.74) is -0.563. The predicted octanol–water partition coefficient (Wildman–Crippen LogP) is 5.30. The minimum absolute atomic E-state index is 0.0687. The second kappa shape index (κ2) is 7.02. The number of hydrogen-bond donors (Lipinski definition) is 1. The monoisotopic (exact) mass is 380 g/mol. The van der Waals surface area contributed by atoms with Crippen molar-refractivity contribution in [2.75, 3.05) is 0 Å². The van der Waals surface area contributed by atoms with E-state index < -0.39 is 20.0 Å². The molecule has 3 rings (SSSR count). The summed E-state index contributed by atoms with van der Waals surface area (Å²) in [5, 5.41) is 11.6. The fraction of sp³-hybridized carbons (Fsp3) is 0.909. The molecule has 2 aliphatic heterocycles. The van der Waals surface area contributed by atoms with E-state index in [1.807, 2.05) is 0 Å². The number of ether oxygens (including phenoxy) is 1. The van der Waals surface area contributed by atoms with Gasteiger partial charge in [0.15, 0.2) is 8.32 Å². The summed E-state index contributed by atoms with van der Waals surface area (Å²) in [4.78, 5) is 0. The zero-order valence-electron chi connectivity index (χ0n) is 17.9. The van der Waals surface area contributed by atoms with E-state index >= 15 is 0 Å². The molecule has 150 valence electrons. The Bertz CT molecular complexity index is 532. The van der Waals surface area contributed by atoms with Gasteiger partial charge in [0.05, 0.1) is 18.3 Å². The number of aliphatic hydroxyl groups excluding tert-OH is 1. The molecule has 1 aliphatic carbocycles. The van der Waals surface area contributed by atoms with Crippen LogP contribution < -0.4 is 0 Å². The Kier molecular flexibility index (Phi) is 5.55. The van der Waals surface area contributed by atoms with Crippen molar-refractivity contribution in [2.24, 2.45) is 17.8 Å². The molecule has 3 aliphatic rings. The molecule has 1 saturated carbocycles. The molecule has 26 heavy (non-hydrogen) atoms. The molecule has 3 nitrogen and oxygen atoms in total. The van der Waals surface area contributed by atoms with Crippen LogP contribution in [0.4, 0.5) is 0 Å². The Hall–Kier alpha value is -0.163. The van der Waals surface area contributed by atoms with Crippen molar-refractivity contribution in [3.8, 4) is 0 Å². The molecule has 1 saturated heterocycles. The molecule has 2 bridgehead atoms. The van der Waals surface area contributed by atoms with Crippen molar-refractivity contribution in [3.63, 3.8) is 0 Å². The van der Waals surface area contributed by atoms with Crippen LogP contribution >= 0.6 is 0 Å². The molecule has 1 N–H and O–H groups in total. The molecular weight excluding hydrogens is 340 g/mol. The lowest BCUT2D eigenvalue weighted by molar-refractivity contribution is -0.217. The molecule has 0 aromatic heterocycles. The average molecular weight is 381 g/mol. The summed E-state index contributed by atoms with van der Waals surface area (Å²) in [6.45, 7) is 16.1. The van der Waals surface area contributed by atoms with E-state index in [1.54, 1.807) is 0 Å². The zero-order valence-corrected chi connectivity index (χ0v) is 18.9. The van der Waals surface area contributed by atoms with Gasteiger partial charge in [0.1, 0.15) is 5.60 Å². The average Bonchev–Trinajstić information content (AvgIpc) is 3.00. The minimum atomic E-state index is -1.88. The first-order valence-corrected chi connectivity index (χ1v) is 13.6. The van der Waals surface area contributed by atoms with Gasteiger partial charge in [-0.15, -0.1) is 0 Å². The Labute approximate surface area is 161 Å². The summed E-state index contributed by atoms with van der Waals surface area (Å²) in [7, 11) is -1.88. The molecule has 6 atom stereocenters. The Morgan fingerprint density at radius 3 is 2.35 bits per heavy atom. The van der Waals surface area contributed by atoms with E-state index in [-0.39, 0.29) is 23.2 Å². The minimum Gasteiger partial charge on any atom is -0.413 e. The van der Waals surface area contributed by atoms with Gasteiger partial charge in [-0.2, -0.15) is 0 Å². The topological polar surface area (TPSA) is 38.7 Å². The fourth-order valence-electron chi connectivity index (χ4n) is 4.98. The standard InChI is InChI=1S/C22H40O3Si/c1-15-18-13-14-22(24-18,20(23)17-11-9-8-10-12-17)16(2)19(15)25-26(6,7)21(3,4)5/h13-20,23H,8-12H2,1-7H3/t15-,16-,18-,19-,20+,22+/m1/s1. The van der Waals surface area contributed by atoms with Crippen LogP contribution in [0.2, 0.25) is 18.1 Å². The third kappa shape index (κ3) is 3.36. The second-order valence-corrected chi connectivity index (χ2v) is 15.4. The van der Waals surface area contributed by atoms with Gasteiger partial charge < -0.3 is 14.3 Å². The summed E-state index contributed by atoms with van der Waals surface area (Å²) < 4.78 is 13.4. The van der Waals surface area contributed by atoms with E-state index in [4.69, 9.17) is 9.16 Å². The highest BCUT2D eigenvalue weighted by atomic mass is 28.4. The lowest BCUT2D eigenvalue weighted by atomic mass is 9.70. The van der Waals surface area contributed by atoms with Gasteiger partial charge in [0, 0.05) is 11.8 Å². The molecule has 2 fully saturated rings. The van der Waals surface area contributed by atoms with Gasteiger partial charge >= 0.3 is 0 Å². The highest BCUT2D eigenvalue weighted by Crippen LogP contribution is 2.51. The number of rotatable bonds is 4. The first kappa shape index (κ1) is 20.6. The van der Waals surface area contributed by atoms with E-state index in [1.165, 1.54) is 19.3 Å². The number of hydrogen-bond acceptors (Lipinski definition) is 3. The van der Waals surface area contributed by atoms with Crippen molar-refractivity contribution in [1.82, 2.24) is 0 Å². The third-order valence-electron chi connectivity index (χ3n) is 7.92. The zero-order chi connectivity index (χ0) is 19.3. The van der Waals surface area contributed by atoms with Crippen molar-refractivity contribution in [3.05, 3.63) is 12.2 Å². The molecule has 0 unspecified atom stereocenters. The van der Waals surface area contributed by atoms with E-state index in [9.17, 15) is 5.11 Å². The smallest absolute Gasteiger partial charge is 0.192 e. The van der Waals surface area contributed by atoms with Gasteiger partial charge in [-0.05, 0) is 36.9 Å². The summed E-state index contributed by atoms with van der Waals surface area (Å²) in [6, 6.07) is 0. The molecular formula is C22H40O3Si. The first-order chi connectivity index (χ1) is 12.0. The maximum absolute atomic E-state index is 11.4. The maximum Gasteiger partial charge on any atom is 0.192 e. The van der Waals surface area contributed by atoms with Crippen LogP contribution in [-0.2, 0) is 9.16 Å². The van der Waals surface area contributed by atoms with Crippen molar-refractivity contribution < 1.29 is 14.3 Å². The highest BCUT2D eigenvalue weighted by Gasteiger charge is 2.59. The normalized spacial score (nSPS) is 40.0. The van der Waals surface area contributed by atoms with Crippen molar-refractivity contribution >= 4 is 8.32 Å². The fourth-order valence-corrected chi connectivity index (χ4v) is 6.44. The number of aliphatic hydroxyl groups is 1. The van der Waals surface area contributed by atoms with Gasteiger partial charge in [-0.1, -0.05) is 66.0 Å². The van der Waals surface area contributed by atoms with E-state index in [0.29, 0.717) is 11.8 Å². The quantitative estimate of drug-likeness (QED) is 0.531. The van der Waals surface area contributed by atoms with Crippen LogP contribution in [0.15, 0.2) is 12.2 Å². The van der Waals surface area contributed by atoms with Crippen LogP contribution in [0.25, 0.3) is 0 Å². The summed E-state index contributed by atoms with van der Waals surface area (Å²) in [6.07, 6.45) is 10.2. The lowest BCUT2D eigenvalue weighted by Gasteiger charge is -2.53. The Balaban J connectivity index is 1.85. The molecule has 0 aromatic carbocycles. The molecule has 2 heterocycles. The Morgan fingerprint density at radius 2 is 1.77 bits per heavy atom. The van der Waals surface area contributed by atoms with Crippen molar-refractivity contribution in [2.45, 2.75) is 109 Å². The molecule has 0 aromatic rings. The molecule has 4 heteroatoms. The van der Waals surface area contributed by atoms with Gasteiger partial charge in [0.25, 0.3) is 0 Å². The Morgan fingerprint density at radius 1 is 1.15 bits per heavy atom.